The molecule has 102 valence electrons. The summed E-state index contributed by atoms with van der Waals surface area (Å²) < 4.78 is 2.24. The first-order valence-electron chi connectivity index (χ1n) is 6.56. The maximum Gasteiger partial charge on any atom is 0.175 e. The Morgan fingerprint density at radius 3 is 2.79 bits per heavy atom. The minimum absolute atomic E-state index is 0.131. The number of hydrogen-bond acceptors (Lipinski definition) is 5. The van der Waals surface area contributed by atoms with Gasteiger partial charge in [0.1, 0.15) is 0 Å². The van der Waals surface area contributed by atoms with Crippen molar-refractivity contribution in [3.63, 3.8) is 0 Å². The molecule has 1 aliphatic rings. The molecule has 0 bridgehead atoms. The summed E-state index contributed by atoms with van der Waals surface area (Å²) >= 11 is 1.67. The smallest absolute Gasteiger partial charge is 0.175 e. The molecule has 0 saturated carbocycles. The van der Waals surface area contributed by atoms with Gasteiger partial charge in [0.2, 0.25) is 0 Å². The minimum atomic E-state index is 0.131. The van der Waals surface area contributed by atoms with Gasteiger partial charge in [-0.15, -0.1) is 21.5 Å². The molecule has 0 aliphatic carbocycles. The van der Waals surface area contributed by atoms with Crippen molar-refractivity contribution in [1.82, 2.24) is 25.1 Å². The Morgan fingerprint density at radius 2 is 2.16 bits per heavy atom. The van der Waals surface area contributed by atoms with Crippen molar-refractivity contribution in [2.45, 2.75) is 40.3 Å². The highest BCUT2D eigenvalue weighted by atomic mass is 32.1. The van der Waals surface area contributed by atoms with Crippen LogP contribution in [0.3, 0.4) is 0 Å². The number of rotatable bonds is 1. The van der Waals surface area contributed by atoms with E-state index in [4.69, 9.17) is 0 Å². The Labute approximate surface area is 117 Å². The highest BCUT2D eigenvalue weighted by Crippen LogP contribution is 2.35. The molecule has 0 radical (unpaired) electrons. The van der Waals surface area contributed by atoms with Crippen molar-refractivity contribution in [1.29, 1.82) is 0 Å². The molecule has 1 unspecified atom stereocenters. The summed E-state index contributed by atoms with van der Waals surface area (Å²) in [4.78, 5) is 5.41. The van der Waals surface area contributed by atoms with Gasteiger partial charge < -0.3 is 9.88 Å². The summed E-state index contributed by atoms with van der Waals surface area (Å²) in [6.45, 7) is 10.6. The third-order valence-electron chi connectivity index (χ3n) is 3.43. The van der Waals surface area contributed by atoms with E-state index in [1.165, 1.54) is 0 Å². The van der Waals surface area contributed by atoms with E-state index < -0.39 is 0 Å². The van der Waals surface area contributed by atoms with Crippen LogP contribution in [0, 0.1) is 12.3 Å². The van der Waals surface area contributed by atoms with Crippen LogP contribution in [0.15, 0.2) is 6.20 Å². The Bertz CT molecular complexity index is 592. The number of nitrogens with zero attached hydrogens (tertiary/aromatic N) is 4. The second-order valence-corrected chi connectivity index (χ2v) is 7.26. The normalized spacial score (nSPS) is 19.5. The minimum Gasteiger partial charge on any atom is -0.308 e. The molecule has 0 amide bonds. The van der Waals surface area contributed by atoms with Crippen molar-refractivity contribution in [3.05, 3.63) is 17.0 Å². The van der Waals surface area contributed by atoms with Gasteiger partial charge in [-0.1, -0.05) is 20.8 Å². The lowest BCUT2D eigenvalue weighted by Crippen LogP contribution is -2.40. The number of fused-ring (bicyclic) bond motifs is 1. The van der Waals surface area contributed by atoms with Crippen LogP contribution in [0.1, 0.15) is 37.6 Å². The van der Waals surface area contributed by atoms with E-state index in [2.05, 4.69) is 45.8 Å². The molecule has 3 rings (SSSR count). The first kappa shape index (κ1) is 12.7. The Hall–Kier alpha value is -1.27. The summed E-state index contributed by atoms with van der Waals surface area (Å²) in [5.74, 6) is 2.00. The Kier molecular flexibility index (Phi) is 2.94. The van der Waals surface area contributed by atoms with Gasteiger partial charge in [0.15, 0.2) is 11.6 Å². The molecule has 5 nitrogen and oxygen atoms in total. The average molecular weight is 277 g/mol. The Morgan fingerprint density at radius 1 is 1.37 bits per heavy atom. The molecule has 6 heteroatoms. The van der Waals surface area contributed by atoms with E-state index in [-0.39, 0.29) is 11.5 Å². The highest BCUT2D eigenvalue weighted by molar-refractivity contribution is 7.14. The van der Waals surface area contributed by atoms with Crippen LogP contribution in [-0.2, 0) is 6.54 Å². The summed E-state index contributed by atoms with van der Waals surface area (Å²) in [7, 11) is 0. The average Bonchev–Trinajstić information content (AvgIpc) is 2.92. The molecule has 1 N–H and O–H groups in total. The van der Waals surface area contributed by atoms with Crippen molar-refractivity contribution in [2.75, 3.05) is 6.54 Å². The van der Waals surface area contributed by atoms with Crippen molar-refractivity contribution in [3.8, 4) is 10.7 Å². The fourth-order valence-corrected chi connectivity index (χ4v) is 3.27. The molecule has 2 aromatic rings. The first-order chi connectivity index (χ1) is 8.97. The van der Waals surface area contributed by atoms with Crippen molar-refractivity contribution >= 4 is 11.3 Å². The van der Waals surface area contributed by atoms with E-state index in [1.54, 1.807) is 11.3 Å². The van der Waals surface area contributed by atoms with Crippen LogP contribution in [0.4, 0.5) is 0 Å². The molecule has 19 heavy (non-hydrogen) atoms. The van der Waals surface area contributed by atoms with Gasteiger partial charge in [-0.2, -0.15) is 0 Å². The van der Waals surface area contributed by atoms with Crippen LogP contribution in [0.25, 0.3) is 10.7 Å². The SMILES string of the molecule is Cc1ncc(-c2nnc3n2CCNC3C(C)(C)C)s1. The van der Waals surface area contributed by atoms with Crippen LogP contribution in [0.2, 0.25) is 0 Å². The fourth-order valence-electron chi connectivity index (χ4n) is 2.50. The van der Waals surface area contributed by atoms with Crippen LogP contribution in [0.5, 0.6) is 0 Å². The van der Waals surface area contributed by atoms with Gasteiger partial charge in [0, 0.05) is 19.3 Å². The molecule has 2 aromatic heterocycles. The summed E-state index contributed by atoms with van der Waals surface area (Å²) in [6.07, 6.45) is 1.89. The number of aromatic nitrogens is 4. The zero-order valence-electron chi connectivity index (χ0n) is 11.8. The molecule has 0 fully saturated rings. The van der Waals surface area contributed by atoms with Crippen molar-refractivity contribution < 1.29 is 0 Å². The van der Waals surface area contributed by atoms with Crippen LogP contribution >= 0.6 is 11.3 Å². The number of thiazole rings is 1. The van der Waals surface area contributed by atoms with Crippen LogP contribution in [-0.4, -0.2) is 26.3 Å². The number of hydrogen-bond donors (Lipinski definition) is 1. The predicted molar refractivity (Wildman–Crippen MR) is 76.1 cm³/mol. The molecule has 1 atom stereocenters. The molecule has 1 aliphatic heterocycles. The zero-order chi connectivity index (χ0) is 13.6. The predicted octanol–water partition coefficient (Wildman–Crippen LogP) is 2.40. The molecule has 0 saturated heterocycles. The van der Waals surface area contributed by atoms with E-state index in [0.29, 0.717) is 0 Å². The Balaban J connectivity index is 2.05. The third-order valence-corrected chi connectivity index (χ3v) is 4.34. The second-order valence-electron chi connectivity index (χ2n) is 6.03. The fraction of sp³-hybridized carbons (Fsp3) is 0.615. The van der Waals surface area contributed by atoms with Crippen molar-refractivity contribution in [2.24, 2.45) is 5.41 Å². The summed E-state index contributed by atoms with van der Waals surface area (Å²) in [5, 5.41) is 13.4. The standard InChI is InChI=1S/C13H19N5S/c1-8-15-7-9(19-8)11-16-17-12-10(13(2,3)4)14-5-6-18(11)12/h7,10,14H,5-6H2,1-4H3. The van der Waals surface area contributed by atoms with E-state index in [1.807, 2.05) is 13.1 Å². The topological polar surface area (TPSA) is 55.6 Å². The second kappa shape index (κ2) is 4.38. The lowest BCUT2D eigenvalue weighted by atomic mass is 9.85. The largest absolute Gasteiger partial charge is 0.308 e. The molecule has 3 heterocycles. The van der Waals surface area contributed by atoms with Gasteiger partial charge in [-0.25, -0.2) is 4.98 Å². The van der Waals surface area contributed by atoms with E-state index >= 15 is 0 Å². The lowest BCUT2D eigenvalue weighted by molar-refractivity contribution is 0.234. The van der Waals surface area contributed by atoms with E-state index in [9.17, 15) is 0 Å². The summed E-state index contributed by atoms with van der Waals surface area (Å²) in [6, 6.07) is 0.247. The third kappa shape index (κ3) is 2.19. The number of nitrogens with one attached hydrogen (secondary N) is 1. The van der Waals surface area contributed by atoms with Gasteiger partial charge in [-0.3, -0.25) is 0 Å². The van der Waals surface area contributed by atoms with Gasteiger partial charge >= 0.3 is 0 Å². The van der Waals surface area contributed by atoms with Crippen LogP contribution < -0.4 is 5.32 Å². The zero-order valence-corrected chi connectivity index (χ0v) is 12.6. The van der Waals surface area contributed by atoms with Gasteiger partial charge in [0.25, 0.3) is 0 Å². The molecular formula is C13H19N5S. The highest BCUT2D eigenvalue weighted by Gasteiger charge is 2.34. The van der Waals surface area contributed by atoms with Gasteiger partial charge in [-0.05, 0) is 12.3 Å². The number of aryl methyl sites for hydroxylation is 1. The quantitative estimate of drug-likeness (QED) is 0.869. The lowest BCUT2D eigenvalue weighted by Gasteiger charge is -2.34. The molecule has 0 spiro atoms. The molecular weight excluding hydrogens is 258 g/mol. The van der Waals surface area contributed by atoms with E-state index in [0.717, 1.165) is 34.6 Å². The monoisotopic (exact) mass is 277 g/mol. The first-order valence-corrected chi connectivity index (χ1v) is 7.38. The van der Waals surface area contributed by atoms with Gasteiger partial charge in [0.05, 0.1) is 15.9 Å². The summed E-state index contributed by atoms with van der Waals surface area (Å²) in [5.41, 5.74) is 0.131. The maximum atomic E-state index is 4.42. The maximum absolute atomic E-state index is 4.42. The molecule has 0 aromatic carbocycles.